The summed E-state index contributed by atoms with van der Waals surface area (Å²) in [6.45, 7) is 1.97. The number of hydrogen-bond donors (Lipinski definition) is 0. The molecule has 0 spiro atoms. The number of carbonyl (C=O) groups excluding carboxylic acids is 3. The predicted molar refractivity (Wildman–Crippen MR) is 102 cm³/mol. The van der Waals surface area contributed by atoms with Crippen molar-refractivity contribution in [2.75, 3.05) is 0 Å². The molecule has 7 heteroatoms. The van der Waals surface area contributed by atoms with Crippen LogP contribution in [-0.4, -0.2) is 29.2 Å². The minimum Gasteiger partial charge on any atom is -0.298 e. The molecule has 0 amide bonds. The second-order valence-corrected chi connectivity index (χ2v) is 8.14. The molecule has 2 aliphatic carbocycles. The number of ketones is 3. The van der Waals surface area contributed by atoms with Gasteiger partial charge < -0.3 is 0 Å². The van der Waals surface area contributed by atoms with Crippen LogP contribution in [-0.2, 0) is 14.4 Å². The summed E-state index contributed by atoms with van der Waals surface area (Å²) in [5.74, 6) is -3.39. The van der Waals surface area contributed by atoms with E-state index in [4.69, 9.17) is 0 Å². The van der Waals surface area contributed by atoms with Crippen molar-refractivity contribution in [1.29, 1.82) is 0 Å². The number of aliphatic imine (C=N–C) groups is 1. The first-order chi connectivity index (χ1) is 13.7. The number of alkyl halides is 3. The molecule has 2 fully saturated rings. The smallest absolute Gasteiger partial charge is 0.298 e. The van der Waals surface area contributed by atoms with Gasteiger partial charge in [-0.15, -0.1) is 0 Å². The first kappa shape index (κ1) is 21.7. The number of unbranched alkanes of at least 4 members (excludes halogenated alkanes) is 2. The first-order valence-corrected chi connectivity index (χ1v) is 10.4. The third-order valence-electron chi connectivity index (χ3n) is 6.10. The van der Waals surface area contributed by atoms with Gasteiger partial charge in [0.2, 0.25) is 0 Å². The van der Waals surface area contributed by atoms with Crippen LogP contribution in [0.25, 0.3) is 0 Å². The van der Waals surface area contributed by atoms with Crippen LogP contribution in [0.15, 0.2) is 28.4 Å². The Bertz CT molecular complexity index is 770. The van der Waals surface area contributed by atoms with E-state index in [-0.39, 0.29) is 41.1 Å². The fourth-order valence-corrected chi connectivity index (χ4v) is 4.52. The molecule has 3 aliphatic rings. The lowest BCUT2D eigenvalue weighted by Crippen LogP contribution is -2.47. The minimum atomic E-state index is -4.59. The van der Waals surface area contributed by atoms with Crippen LogP contribution < -0.4 is 0 Å². The van der Waals surface area contributed by atoms with Gasteiger partial charge in [0.05, 0.1) is 5.70 Å². The Morgan fingerprint density at radius 1 is 1.14 bits per heavy atom. The highest BCUT2D eigenvalue weighted by molar-refractivity contribution is 6.27. The molecule has 1 aliphatic heterocycles. The highest BCUT2D eigenvalue weighted by Crippen LogP contribution is 2.40. The Hall–Kier alpha value is -2.05. The quantitative estimate of drug-likeness (QED) is 0.462. The van der Waals surface area contributed by atoms with E-state index in [9.17, 15) is 27.6 Å². The number of rotatable bonds is 6. The number of halogens is 3. The molecule has 2 saturated carbocycles. The van der Waals surface area contributed by atoms with Gasteiger partial charge in [-0.3, -0.25) is 19.4 Å². The van der Waals surface area contributed by atoms with Crippen molar-refractivity contribution in [3.05, 3.63) is 23.4 Å². The fourth-order valence-electron chi connectivity index (χ4n) is 4.52. The molecule has 2 unspecified atom stereocenters. The molecule has 0 aromatic heterocycles. The number of nitrogens with zero attached hydrogens (tertiary/aromatic N) is 1. The van der Waals surface area contributed by atoms with Gasteiger partial charge in [0.15, 0.2) is 17.3 Å². The molecule has 3 rings (SSSR count). The molecular weight excluding hydrogens is 383 g/mol. The lowest BCUT2D eigenvalue weighted by atomic mass is 9.64. The third-order valence-corrected chi connectivity index (χ3v) is 6.10. The van der Waals surface area contributed by atoms with E-state index in [0.717, 1.165) is 19.3 Å². The second-order valence-electron chi connectivity index (χ2n) is 8.14. The molecule has 2 atom stereocenters. The van der Waals surface area contributed by atoms with Crippen LogP contribution in [0.1, 0.15) is 64.7 Å². The number of Topliss-reactive ketones (excluding diaryl/α,β-unsaturated/α-hetero) is 3. The average Bonchev–Trinajstić information content (AvgIpc) is 2.90. The number of carbonyl (C=O) groups is 3. The van der Waals surface area contributed by atoms with Crippen molar-refractivity contribution in [3.63, 3.8) is 0 Å². The van der Waals surface area contributed by atoms with Crippen LogP contribution in [0.3, 0.4) is 0 Å². The lowest BCUT2D eigenvalue weighted by Gasteiger charge is -2.36. The van der Waals surface area contributed by atoms with Crippen molar-refractivity contribution in [3.8, 4) is 0 Å². The standard InChI is InChI=1S/C22H26F3NO3/c1-2-3-4-10-16-15(9-6-11-17(26-16)22(23,24)25)21(29)18-19(27)13-7-5-8-14(12-13)20(18)28/h6,9,13-14,18H,2-5,7-8,10-12H2,1H3. The Balaban J connectivity index is 1.99. The molecule has 0 aromatic carbocycles. The normalized spacial score (nSPS) is 27.7. The molecule has 0 aromatic rings. The topological polar surface area (TPSA) is 63.6 Å². The number of fused-ring (bicyclic) bond motifs is 2. The Morgan fingerprint density at radius 2 is 1.79 bits per heavy atom. The van der Waals surface area contributed by atoms with Gasteiger partial charge in [-0.25, -0.2) is 0 Å². The summed E-state index contributed by atoms with van der Waals surface area (Å²) >= 11 is 0. The van der Waals surface area contributed by atoms with E-state index in [1.165, 1.54) is 12.2 Å². The SMILES string of the molecule is CCCCCC1=C(C(=O)C2C(=O)C3CCCC(C3)C2=O)C=CCC(C(F)(F)F)=N1. The Labute approximate surface area is 168 Å². The molecule has 0 radical (unpaired) electrons. The third kappa shape index (κ3) is 4.59. The van der Waals surface area contributed by atoms with Gasteiger partial charge in [0.1, 0.15) is 11.6 Å². The molecular formula is C22H26F3NO3. The summed E-state index contributed by atoms with van der Waals surface area (Å²) in [4.78, 5) is 42.7. The summed E-state index contributed by atoms with van der Waals surface area (Å²) in [5.41, 5.74) is -0.922. The zero-order valence-electron chi connectivity index (χ0n) is 16.6. The van der Waals surface area contributed by atoms with Gasteiger partial charge in [-0.2, -0.15) is 13.2 Å². The second kappa shape index (κ2) is 8.76. The number of allylic oxidation sites excluding steroid dienone is 4. The van der Waals surface area contributed by atoms with Crippen LogP contribution in [0.2, 0.25) is 0 Å². The Kier molecular flexibility index (Phi) is 6.54. The van der Waals surface area contributed by atoms with Crippen molar-refractivity contribution >= 4 is 23.1 Å². The van der Waals surface area contributed by atoms with E-state index in [1.807, 2.05) is 6.92 Å². The zero-order chi connectivity index (χ0) is 21.2. The van der Waals surface area contributed by atoms with Gasteiger partial charge in [-0.1, -0.05) is 38.3 Å². The highest BCUT2D eigenvalue weighted by Gasteiger charge is 2.48. The maximum absolute atomic E-state index is 13.3. The van der Waals surface area contributed by atoms with Gasteiger partial charge in [0.25, 0.3) is 0 Å². The summed E-state index contributed by atoms with van der Waals surface area (Å²) in [6, 6.07) is 0. The number of hydrogen-bond acceptors (Lipinski definition) is 4. The van der Waals surface area contributed by atoms with Crippen LogP contribution in [0.5, 0.6) is 0 Å². The molecule has 1 heterocycles. The Morgan fingerprint density at radius 3 is 2.38 bits per heavy atom. The van der Waals surface area contributed by atoms with E-state index < -0.39 is 30.0 Å². The van der Waals surface area contributed by atoms with Gasteiger partial charge >= 0.3 is 6.18 Å². The van der Waals surface area contributed by atoms with E-state index in [0.29, 0.717) is 25.7 Å². The molecule has 29 heavy (non-hydrogen) atoms. The first-order valence-electron chi connectivity index (χ1n) is 10.4. The summed E-state index contributed by atoms with van der Waals surface area (Å²) < 4.78 is 39.8. The van der Waals surface area contributed by atoms with E-state index in [2.05, 4.69) is 4.99 Å². The van der Waals surface area contributed by atoms with Crippen LogP contribution in [0.4, 0.5) is 13.2 Å². The molecule has 0 N–H and O–H groups in total. The molecule has 4 nitrogen and oxygen atoms in total. The van der Waals surface area contributed by atoms with Crippen LogP contribution >= 0.6 is 0 Å². The predicted octanol–water partition coefficient (Wildman–Crippen LogP) is 4.93. The summed E-state index contributed by atoms with van der Waals surface area (Å²) in [7, 11) is 0. The molecule has 158 valence electrons. The monoisotopic (exact) mass is 409 g/mol. The fraction of sp³-hybridized carbons (Fsp3) is 0.636. The average molecular weight is 409 g/mol. The van der Waals surface area contributed by atoms with Gasteiger partial charge in [0, 0.05) is 23.8 Å². The minimum absolute atomic E-state index is 0.00738. The van der Waals surface area contributed by atoms with E-state index in [1.54, 1.807) is 0 Å². The molecule has 2 bridgehead atoms. The zero-order valence-corrected chi connectivity index (χ0v) is 16.6. The highest BCUT2D eigenvalue weighted by atomic mass is 19.4. The molecule has 0 saturated heterocycles. The maximum Gasteiger partial charge on any atom is 0.429 e. The van der Waals surface area contributed by atoms with Crippen molar-refractivity contribution < 1.29 is 27.6 Å². The van der Waals surface area contributed by atoms with Crippen LogP contribution in [0, 0.1) is 17.8 Å². The van der Waals surface area contributed by atoms with E-state index >= 15 is 0 Å². The largest absolute Gasteiger partial charge is 0.429 e. The summed E-state index contributed by atoms with van der Waals surface area (Å²) in [5, 5.41) is 0. The van der Waals surface area contributed by atoms with Gasteiger partial charge in [-0.05, 0) is 32.1 Å². The van der Waals surface area contributed by atoms with Crippen molar-refractivity contribution in [1.82, 2.24) is 0 Å². The van der Waals surface area contributed by atoms with Crippen molar-refractivity contribution in [2.45, 2.75) is 70.9 Å². The summed E-state index contributed by atoms with van der Waals surface area (Å²) in [6.07, 6.45) is 2.63. The van der Waals surface area contributed by atoms with Crippen molar-refractivity contribution in [2.24, 2.45) is 22.7 Å². The maximum atomic E-state index is 13.3. The lowest BCUT2D eigenvalue weighted by molar-refractivity contribution is -0.148.